The minimum absolute atomic E-state index is 0.0634. The maximum atomic E-state index is 12.8. The molecule has 0 atom stereocenters. The molecule has 102 valence electrons. The Kier molecular flexibility index (Phi) is 3.63. The van der Waals surface area contributed by atoms with Crippen LogP contribution >= 0.6 is 22.0 Å². The maximum Gasteiger partial charge on any atom is 0.417 e. The van der Waals surface area contributed by atoms with E-state index in [1.165, 1.54) is 30.3 Å². The predicted molar refractivity (Wildman–Crippen MR) is 67.8 cm³/mol. The molecule has 2 aromatic rings. The van der Waals surface area contributed by atoms with Gasteiger partial charge in [0.15, 0.2) is 0 Å². The number of halogens is 4. The van der Waals surface area contributed by atoms with E-state index in [2.05, 4.69) is 0 Å². The molecule has 0 amide bonds. The third kappa shape index (κ3) is 3.10. The molecule has 1 aromatic heterocycles. The topological polar surface area (TPSA) is 34.1 Å². The Morgan fingerprint density at radius 3 is 2.21 bits per heavy atom. The van der Waals surface area contributed by atoms with Crippen LogP contribution in [0, 0.1) is 0 Å². The average molecular weight is 327 g/mol. The number of benzene rings is 1. The van der Waals surface area contributed by atoms with Crippen molar-refractivity contribution < 1.29 is 21.6 Å². The van der Waals surface area contributed by atoms with Gasteiger partial charge in [-0.1, -0.05) is 18.2 Å². The number of thiophene rings is 1. The first-order valence-corrected chi connectivity index (χ1v) is 8.03. The number of hydrogen-bond donors (Lipinski definition) is 0. The SMILES string of the molecule is O=S(=O)(Cl)c1ccc(-c2ccccc2C(F)(F)F)s1. The molecule has 0 unspecified atom stereocenters. The molecule has 0 saturated carbocycles. The molecule has 0 N–H and O–H groups in total. The molecule has 0 aliphatic rings. The Hall–Kier alpha value is -1.05. The molecule has 2 rings (SSSR count). The first kappa shape index (κ1) is 14.4. The van der Waals surface area contributed by atoms with Crippen molar-refractivity contribution in [3.8, 4) is 10.4 Å². The van der Waals surface area contributed by atoms with Crippen molar-refractivity contribution >= 4 is 31.1 Å². The first-order chi connectivity index (χ1) is 8.69. The van der Waals surface area contributed by atoms with Crippen molar-refractivity contribution in [2.75, 3.05) is 0 Å². The van der Waals surface area contributed by atoms with Gasteiger partial charge in [-0.15, -0.1) is 11.3 Å². The summed E-state index contributed by atoms with van der Waals surface area (Å²) in [5, 5.41) is 0. The highest BCUT2D eigenvalue weighted by Gasteiger charge is 2.33. The highest BCUT2D eigenvalue weighted by Crippen LogP contribution is 2.40. The molecule has 19 heavy (non-hydrogen) atoms. The van der Waals surface area contributed by atoms with Crippen LogP contribution < -0.4 is 0 Å². The molecule has 0 aliphatic carbocycles. The molecule has 2 nitrogen and oxygen atoms in total. The van der Waals surface area contributed by atoms with E-state index in [1.54, 1.807) is 0 Å². The Bertz CT molecular complexity index is 705. The molecule has 1 heterocycles. The van der Waals surface area contributed by atoms with Crippen molar-refractivity contribution in [3.05, 3.63) is 42.0 Å². The summed E-state index contributed by atoms with van der Waals surface area (Å²) in [6, 6.07) is 7.47. The van der Waals surface area contributed by atoms with E-state index in [-0.39, 0.29) is 14.6 Å². The van der Waals surface area contributed by atoms with E-state index in [1.807, 2.05) is 0 Å². The van der Waals surface area contributed by atoms with Crippen molar-refractivity contribution in [2.45, 2.75) is 10.4 Å². The lowest BCUT2D eigenvalue weighted by Crippen LogP contribution is -2.06. The van der Waals surface area contributed by atoms with Crippen LogP contribution in [-0.4, -0.2) is 8.42 Å². The van der Waals surface area contributed by atoms with Crippen LogP contribution in [0.15, 0.2) is 40.6 Å². The van der Waals surface area contributed by atoms with Gasteiger partial charge in [-0.05, 0) is 18.2 Å². The van der Waals surface area contributed by atoms with Gasteiger partial charge in [-0.25, -0.2) is 8.42 Å². The normalized spacial score (nSPS) is 12.6. The van der Waals surface area contributed by atoms with Gasteiger partial charge in [0.1, 0.15) is 4.21 Å². The van der Waals surface area contributed by atoms with E-state index < -0.39 is 20.8 Å². The zero-order chi connectivity index (χ0) is 14.3. The maximum absolute atomic E-state index is 12.8. The molecule has 0 spiro atoms. The predicted octanol–water partition coefficient (Wildman–Crippen LogP) is 4.36. The summed E-state index contributed by atoms with van der Waals surface area (Å²) in [6.07, 6.45) is -4.50. The molecule has 0 bridgehead atoms. The van der Waals surface area contributed by atoms with E-state index >= 15 is 0 Å². The third-order valence-corrected chi connectivity index (χ3v) is 5.53. The van der Waals surface area contributed by atoms with Crippen LogP contribution in [0.5, 0.6) is 0 Å². The van der Waals surface area contributed by atoms with Crippen molar-refractivity contribution in [2.24, 2.45) is 0 Å². The lowest BCUT2D eigenvalue weighted by molar-refractivity contribution is -0.137. The second-order valence-electron chi connectivity index (χ2n) is 3.60. The van der Waals surface area contributed by atoms with Crippen molar-refractivity contribution in [3.63, 3.8) is 0 Å². The van der Waals surface area contributed by atoms with Gasteiger partial charge in [-0.2, -0.15) is 13.2 Å². The van der Waals surface area contributed by atoms with E-state index in [9.17, 15) is 21.6 Å². The molecule has 1 aromatic carbocycles. The van der Waals surface area contributed by atoms with Crippen LogP contribution in [0.3, 0.4) is 0 Å². The molecule has 8 heteroatoms. The summed E-state index contributed by atoms with van der Waals surface area (Å²) < 4.78 is 60.6. The zero-order valence-electron chi connectivity index (χ0n) is 9.11. The van der Waals surface area contributed by atoms with Crippen LogP contribution in [0.4, 0.5) is 13.2 Å². The summed E-state index contributed by atoms with van der Waals surface area (Å²) in [7, 11) is 1.22. The zero-order valence-corrected chi connectivity index (χ0v) is 11.5. The van der Waals surface area contributed by atoms with E-state index in [4.69, 9.17) is 10.7 Å². The minimum Gasteiger partial charge on any atom is -0.206 e. The van der Waals surface area contributed by atoms with Gasteiger partial charge in [0.05, 0.1) is 5.56 Å². The van der Waals surface area contributed by atoms with Crippen LogP contribution in [0.25, 0.3) is 10.4 Å². The third-order valence-electron chi connectivity index (χ3n) is 2.32. The van der Waals surface area contributed by atoms with Crippen LogP contribution in [0.1, 0.15) is 5.56 Å². The Balaban J connectivity index is 2.58. The van der Waals surface area contributed by atoms with Crippen molar-refractivity contribution in [1.82, 2.24) is 0 Å². The van der Waals surface area contributed by atoms with E-state index in [0.717, 1.165) is 6.07 Å². The molecule has 0 saturated heterocycles. The minimum atomic E-state index is -4.50. The highest BCUT2D eigenvalue weighted by atomic mass is 35.7. The average Bonchev–Trinajstić information content (AvgIpc) is 2.76. The fraction of sp³-hybridized carbons (Fsp3) is 0.0909. The monoisotopic (exact) mass is 326 g/mol. The summed E-state index contributed by atoms with van der Waals surface area (Å²) in [4.78, 5) is 0.201. The summed E-state index contributed by atoms with van der Waals surface area (Å²) in [5.41, 5.74) is -0.873. The smallest absolute Gasteiger partial charge is 0.206 e. The Labute approximate surface area is 115 Å². The summed E-state index contributed by atoms with van der Waals surface area (Å²) in [6.45, 7) is 0. The quantitative estimate of drug-likeness (QED) is 0.768. The molecule has 0 fully saturated rings. The van der Waals surface area contributed by atoms with Gasteiger partial charge < -0.3 is 0 Å². The number of alkyl halides is 3. The van der Waals surface area contributed by atoms with Crippen molar-refractivity contribution in [1.29, 1.82) is 0 Å². The highest BCUT2D eigenvalue weighted by molar-refractivity contribution is 8.15. The second-order valence-corrected chi connectivity index (χ2v) is 7.48. The standard InChI is InChI=1S/C11H6ClF3O2S2/c12-19(16,17)10-6-5-9(18-10)7-3-1-2-4-8(7)11(13,14)15/h1-6H. The van der Waals surface area contributed by atoms with Crippen LogP contribution in [0.2, 0.25) is 0 Å². The lowest BCUT2D eigenvalue weighted by Gasteiger charge is -2.10. The van der Waals surface area contributed by atoms with Crippen LogP contribution in [-0.2, 0) is 15.2 Å². The fourth-order valence-corrected chi connectivity index (χ4v) is 3.65. The van der Waals surface area contributed by atoms with Gasteiger partial charge in [-0.3, -0.25) is 0 Å². The number of hydrogen-bond acceptors (Lipinski definition) is 3. The largest absolute Gasteiger partial charge is 0.417 e. The summed E-state index contributed by atoms with van der Waals surface area (Å²) >= 11 is 0.703. The van der Waals surface area contributed by atoms with Gasteiger partial charge in [0, 0.05) is 21.1 Å². The Morgan fingerprint density at radius 1 is 1.05 bits per heavy atom. The number of rotatable bonds is 2. The van der Waals surface area contributed by atoms with Gasteiger partial charge in [0.2, 0.25) is 0 Å². The fourth-order valence-electron chi connectivity index (χ4n) is 1.54. The van der Waals surface area contributed by atoms with E-state index in [0.29, 0.717) is 11.3 Å². The van der Waals surface area contributed by atoms with Gasteiger partial charge in [0.25, 0.3) is 9.05 Å². The lowest BCUT2D eigenvalue weighted by atomic mass is 10.1. The first-order valence-electron chi connectivity index (χ1n) is 4.90. The molecular formula is C11H6ClF3O2S2. The molecule has 0 radical (unpaired) electrons. The second kappa shape index (κ2) is 4.81. The molecule has 0 aliphatic heterocycles. The van der Waals surface area contributed by atoms with Gasteiger partial charge >= 0.3 is 6.18 Å². The Morgan fingerprint density at radius 2 is 1.68 bits per heavy atom. The molecular weight excluding hydrogens is 321 g/mol. The summed E-state index contributed by atoms with van der Waals surface area (Å²) in [5.74, 6) is 0.